The molecule has 0 unspecified atom stereocenters. The van der Waals surface area contributed by atoms with Crippen molar-refractivity contribution >= 4 is 0 Å². The highest BCUT2D eigenvalue weighted by atomic mass is 19.4. The van der Waals surface area contributed by atoms with Gasteiger partial charge < -0.3 is 0 Å². The normalized spacial score (nSPS) is 12.4. The maximum absolute atomic E-state index is 12.8. The van der Waals surface area contributed by atoms with Crippen LogP contribution in [0.25, 0.3) is 22.8 Å². The fourth-order valence-corrected chi connectivity index (χ4v) is 2.28. The SMILES string of the molecule is CC(C)(C)c1cc(-c2ccccc2)nc(-c2cc(C(F)(F)F)[nH]n2)n1. The second-order valence-electron chi connectivity index (χ2n) is 6.74. The smallest absolute Gasteiger partial charge is 0.273 e. The van der Waals surface area contributed by atoms with Crippen molar-refractivity contribution in [1.82, 2.24) is 20.2 Å². The van der Waals surface area contributed by atoms with Gasteiger partial charge in [-0.05, 0) is 12.1 Å². The summed E-state index contributed by atoms with van der Waals surface area (Å²) in [6, 6.07) is 12.2. The van der Waals surface area contributed by atoms with Crippen molar-refractivity contribution in [1.29, 1.82) is 0 Å². The lowest BCUT2D eigenvalue weighted by Crippen LogP contribution is -2.15. The summed E-state index contributed by atoms with van der Waals surface area (Å²) in [5.41, 5.74) is 1.09. The van der Waals surface area contributed by atoms with Gasteiger partial charge in [0.25, 0.3) is 0 Å². The Morgan fingerprint density at radius 1 is 0.880 bits per heavy atom. The number of halogens is 3. The Balaban J connectivity index is 2.15. The number of hydrogen-bond acceptors (Lipinski definition) is 3. The number of aromatic amines is 1. The first-order valence-electron chi connectivity index (χ1n) is 7.72. The van der Waals surface area contributed by atoms with E-state index >= 15 is 0 Å². The Labute approximate surface area is 143 Å². The van der Waals surface area contributed by atoms with Gasteiger partial charge in [0.15, 0.2) is 5.82 Å². The molecule has 0 aliphatic heterocycles. The van der Waals surface area contributed by atoms with Crippen molar-refractivity contribution in [2.75, 3.05) is 0 Å². The molecule has 0 spiro atoms. The van der Waals surface area contributed by atoms with Crippen molar-refractivity contribution in [3.63, 3.8) is 0 Å². The lowest BCUT2D eigenvalue weighted by Gasteiger charge is -2.19. The first-order chi connectivity index (χ1) is 11.6. The first kappa shape index (κ1) is 17.1. The minimum Gasteiger partial charge on any atom is -0.273 e. The van der Waals surface area contributed by atoms with Crippen LogP contribution in [0.4, 0.5) is 13.2 Å². The highest BCUT2D eigenvalue weighted by Gasteiger charge is 2.33. The Bertz CT molecular complexity index is 877. The third kappa shape index (κ3) is 3.70. The van der Waals surface area contributed by atoms with Crippen LogP contribution >= 0.6 is 0 Å². The van der Waals surface area contributed by atoms with Crippen LogP contribution in [0.1, 0.15) is 32.2 Å². The van der Waals surface area contributed by atoms with Gasteiger partial charge in [0, 0.05) is 11.0 Å². The Hall–Kier alpha value is -2.70. The number of nitrogens with one attached hydrogen (secondary N) is 1. The number of hydrogen-bond donors (Lipinski definition) is 1. The monoisotopic (exact) mass is 346 g/mol. The van der Waals surface area contributed by atoms with E-state index in [0.29, 0.717) is 5.69 Å². The van der Waals surface area contributed by atoms with Gasteiger partial charge in [-0.2, -0.15) is 18.3 Å². The van der Waals surface area contributed by atoms with E-state index in [1.54, 1.807) is 0 Å². The second kappa shape index (κ2) is 5.98. The van der Waals surface area contributed by atoms with Gasteiger partial charge in [-0.1, -0.05) is 51.1 Å². The minimum absolute atomic E-state index is 0.0654. The standard InChI is InChI=1S/C18H17F3N4/c1-17(2,3)14-9-12(11-7-5-4-6-8-11)22-16(23-14)13-10-15(25-24-13)18(19,20)21/h4-10H,1-3H3,(H,24,25). The molecular formula is C18H17F3N4. The van der Waals surface area contributed by atoms with Gasteiger partial charge in [0.2, 0.25) is 0 Å². The highest BCUT2D eigenvalue weighted by molar-refractivity contribution is 5.63. The predicted octanol–water partition coefficient (Wildman–Crippen LogP) is 4.85. The lowest BCUT2D eigenvalue weighted by molar-refractivity contribution is -0.141. The number of nitrogens with zero attached hydrogens (tertiary/aromatic N) is 3. The molecule has 2 heterocycles. The van der Waals surface area contributed by atoms with Crippen molar-refractivity contribution in [3.05, 3.63) is 53.9 Å². The molecule has 130 valence electrons. The van der Waals surface area contributed by atoms with Crippen LogP contribution in [0.2, 0.25) is 0 Å². The summed E-state index contributed by atoms with van der Waals surface area (Å²) in [5, 5.41) is 5.75. The average Bonchev–Trinajstić information content (AvgIpc) is 3.05. The zero-order valence-corrected chi connectivity index (χ0v) is 14.0. The van der Waals surface area contributed by atoms with E-state index in [4.69, 9.17) is 0 Å². The molecule has 0 amide bonds. The largest absolute Gasteiger partial charge is 0.432 e. The third-order valence-electron chi connectivity index (χ3n) is 3.68. The van der Waals surface area contributed by atoms with Gasteiger partial charge >= 0.3 is 6.18 Å². The molecule has 0 aliphatic rings. The molecule has 0 aliphatic carbocycles. The predicted molar refractivity (Wildman–Crippen MR) is 88.8 cm³/mol. The maximum atomic E-state index is 12.8. The van der Waals surface area contributed by atoms with Crippen molar-refractivity contribution in [3.8, 4) is 22.8 Å². The zero-order valence-electron chi connectivity index (χ0n) is 14.0. The molecule has 0 saturated carbocycles. The van der Waals surface area contributed by atoms with E-state index in [9.17, 15) is 13.2 Å². The molecule has 3 aromatic rings. The average molecular weight is 346 g/mol. The molecule has 7 heteroatoms. The van der Waals surface area contributed by atoms with Crippen LogP contribution in [-0.2, 0) is 11.6 Å². The van der Waals surface area contributed by atoms with E-state index in [1.807, 2.05) is 62.3 Å². The van der Waals surface area contributed by atoms with Gasteiger partial charge in [-0.25, -0.2) is 9.97 Å². The van der Waals surface area contributed by atoms with E-state index in [1.165, 1.54) is 0 Å². The Kier molecular flexibility index (Phi) is 4.10. The zero-order chi connectivity index (χ0) is 18.2. The Morgan fingerprint density at radius 3 is 2.12 bits per heavy atom. The molecule has 0 bridgehead atoms. The summed E-state index contributed by atoms with van der Waals surface area (Å²) in [6.45, 7) is 5.96. The van der Waals surface area contributed by atoms with Gasteiger partial charge in [0.05, 0.1) is 11.4 Å². The van der Waals surface area contributed by atoms with Crippen LogP contribution in [-0.4, -0.2) is 20.2 Å². The summed E-state index contributed by atoms with van der Waals surface area (Å²) in [4.78, 5) is 8.86. The number of rotatable bonds is 2. The van der Waals surface area contributed by atoms with Gasteiger partial charge in [-0.15, -0.1) is 0 Å². The molecular weight excluding hydrogens is 329 g/mol. The van der Waals surface area contributed by atoms with E-state index < -0.39 is 11.9 Å². The van der Waals surface area contributed by atoms with Gasteiger partial charge in [-0.3, -0.25) is 5.10 Å². The molecule has 25 heavy (non-hydrogen) atoms. The first-order valence-corrected chi connectivity index (χ1v) is 7.72. The molecule has 0 atom stereocenters. The quantitative estimate of drug-likeness (QED) is 0.722. The van der Waals surface area contributed by atoms with Crippen LogP contribution in [0.15, 0.2) is 42.5 Å². The fourth-order valence-electron chi connectivity index (χ4n) is 2.28. The maximum Gasteiger partial charge on any atom is 0.432 e. The number of aromatic nitrogens is 4. The molecule has 4 nitrogen and oxygen atoms in total. The van der Waals surface area contributed by atoms with Crippen LogP contribution < -0.4 is 0 Å². The summed E-state index contributed by atoms with van der Waals surface area (Å²) >= 11 is 0. The summed E-state index contributed by atoms with van der Waals surface area (Å²) < 4.78 is 38.5. The molecule has 1 N–H and O–H groups in total. The Morgan fingerprint density at radius 2 is 1.56 bits per heavy atom. The molecule has 2 aromatic heterocycles. The molecule has 1 aromatic carbocycles. The summed E-state index contributed by atoms with van der Waals surface area (Å²) in [7, 11) is 0. The lowest BCUT2D eigenvalue weighted by atomic mass is 9.91. The van der Waals surface area contributed by atoms with E-state index in [-0.39, 0.29) is 16.9 Å². The van der Waals surface area contributed by atoms with Crippen LogP contribution in [0.5, 0.6) is 0 Å². The minimum atomic E-state index is -4.49. The van der Waals surface area contributed by atoms with Gasteiger partial charge in [0.1, 0.15) is 11.4 Å². The second-order valence-corrected chi connectivity index (χ2v) is 6.74. The van der Waals surface area contributed by atoms with E-state index in [0.717, 1.165) is 17.3 Å². The summed E-state index contributed by atoms with van der Waals surface area (Å²) in [6.07, 6.45) is -4.49. The topological polar surface area (TPSA) is 54.5 Å². The van der Waals surface area contributed by atoms with Crippen LogP contribution in [0.3, 0.4) is 0 Å². The van der Waals surface area contributed by atoms with Crippen molar-refractivity contribution in [2.45, 2.75) is 32.4 Å². The third-order valence-corrected chi connectivity index (χ3v) is 3.68. The van der Waals surface area contributed by atoms with Crippen LogP contribution in [0, 0.1) is 0 Å². The van der Waals surface area contributed by atoms with Crippen molar-refractivity contribution in [2.24, 2.45) is 0 Å². The summed E-state index contributed by atoms with van der Waals surface area (Å²) in [5.74, 6) is 0.165. The van der Waals surface area contributed by atoms with Crippen molar-refractivity contribution < 1.29 is 13.2 Å². The van der Waals surface area contributed by atoms with E-state index in [2.05, 4.69) is 15.1 Å². The molecule has 0 fully saturated rings. The molecule has 0 saturated heterocycles. The highest BCUT2D eigenvalue weighted by Crippen LogP contribution is 2.31. The number of benzene rings is 1. The number of H-pyrrole nitrogens is 1. The number of alkyl halides is 3. The fraction of sp³-hybridized carbons (Fsp3) is 0.278. The molecule has 3 rings (SSSR count). The molecule has 0 radical (unpaired) electrons.